The Kier molecular flexibility index (Phi) is 4.46. The van der Waals surface area contributed by atoms with E-state index in [1.807, 2.05) is 57.3 Å². The van der Waals surface area contributed by atoms with Crippen LogP contribution in [0.1, 0.15) is 27.0 Å². The van der Waals surface area contributed by atoms with Crippen molar-refractivity contribution in [3.8, 4) is 0 Å². The molecular formula is C17H18ClNO. The van der Waals surface area contributed by atoms with Crippen LogP contribution in [0.2, 0.25) is 5.02 Å². The van der Waals surface area contributed by atoms with Crippen LogP contribution in [0, 0.1) is 13.8 Å². The second-order valence-electron chi connectivity index (χ2n) is 5.16. The maximum Gasteiger partial charge on any atom is 0.253 e. The second-order valence-corrected chi connectivity index (χ2v) is 5.60. The molecule has 2 rings (SSSR count). The summed E-state index contributed by atoms with van der Waals surface area (Å²) in [5, 5.41) is 0.706. The Morgan fingerprint density at radius 2 is 1.60 bits per heavy atom. The first kappa shape index (κ1) is 14.6. The van der Waals surface area contributed by atoms with Gasteiger partial charge in [-0.05, 0) is 43.7 Å². The van der Waals surface area contributed by atoms with Crippen LogP contribution in [0.3, 0.4) is 0 Å². The highest BCUT2D eigenvalue weighted by atomic mass is 35.5. The largest absolute Gasteiger partial charge is 0.337 e. The molecular weight excluding hydrogens is 270 g/mol. The molecule has 0 aliphatic carbocycles. The lowest BCUT2D eigenvalue weighted by atomic mass is 10.1. The summed E-state index contributed by atoms with van der Waals surface area (Å²) in [5.74, 6) is 0.0340. The molecule has 0 aromatic heterocycles. The Balaban J connectivity index is 2.14. The normalized spacial score (nSPS) is 10.4. The number of amides is 1. The number of benzene rings is 2. The van der Waals surface area contributed by atoms with Gasteiger partial charge in [0.05, 0.1) is 0 Å². The molecule has 20 heavy (non-hydrogen) atoms. The van der Waals surface area contributed by atoms with Gasteiger partial charge in [-0.25, -0.2) is 0 Å². The Bertz CT molecular complexity index is 599. The molecule has 0 saturated heterocycles. The SMILES string of the molecule is Cc1cc(C)cc(C(=O)N(C)Cc2ccc(Cl)cc2)c1. The Morgan fingerprint density at radius 1 is 1.05 bits per heavy atom. The smallest absolute Gasteiger partial charge is 0.253 e. The van der Waals surface area contributed by atoms with Crippen molar-refractivity contribution in [1.82, 2.24) is 4.90 Å². The zero-order valence-corrected chi connectivity index (χ0v) is 12.7. The average Bonchev–Trinajstić information content (AvgIpc) is 2.39. The van der Waals surface area contributed by atoms with Gasteiger partial charge in [-0.15, -0.1) is 0 Å². The molecule has 104 valence electrons. The molecule has 0 unspecified atom stereocenters. The molecule has 0 N–H and O–H groups in total. The quantitative estimate of drug-likeness (QED) is 0.827. The summed E-state index contributed by atoms with van der Waals surface area (Å²) in [4.78, 5) is 14.1. The van der Waals surface area contributed by atoms with Crippen LogP contribution >= 0.6 is 11.6 Å². The summed E-state index contributed by atoms with van der Waals surface area (Å²) < 4.78 is 0. The minimum atomic E-state index is 0.0340. The number of halogens is 1. The summed E-state index contributed by atoms with van der Waals surface area (Å²) in [5.41, 5.74) is 4.01. The Labute approximate surface area is 125 Å². The zero-order valence-electron chi connectivity index (χ0n) is 12.0. The van der Waals surface area contributed by atoms with Gasteiger partial charge in [0, 0.05) is 24.2 Å². The van der Waals surface area contributed by atoms with Crippen molar-refractivity contribution in [1.29, 1.82) is 0 Å². The fourth-order valence-electron chi connectivity index (χ4n) is 2.25. The number of hydrogen-bond acceptors (Lipinski definition) is 1. The van der Waals surface area contributed by atoms with Crippen molar-refractivity contribution < 1.29 is 4.79 Å². The molecule has 0 saturated carbocycles. The average molecular weight is 288 g/mol. The summed E-state index contributed by atoms with van der Waals surface area (Å²) in [6, 6.07) is 13.5. The number of carbonyl (C=O) groups is 1. The first-order chi connectivity index (χ1) is 9.45. The molecule has 2 aromatic carbocycles. The van der Waals surface area contributed by atoms with Crippen LogP contribution in [0.5, 0.6) is 0 Å². The summed E-state index contributed by atoms with van der Waals surface area (Å²) in [6.45, 7) is 4.58. The summed E-state index contributed by atoms with van der Waals surface area (Å²) in [6.07, 6.45) is 0. The molecule has 0 heterocycles. The zero-order chi connectivity index (χ0) is 14.7. The summed E-state index contributed by atoms with van der Waals surface area (Å²) >= 11 is 5.86. The molecule has 0 aliphatic heterocycles. The lowest BCUT2D eigenvalue weighted by molar-refractivity contribution is 0.0785. The van der Waals surface area contributed by atoms with Crippen LogP contribution in [-0.2, 0) is 6.54 Å². The molecule has 0 aliphatic rings. The van der Waals surface area contributed by atoms with Crippen LogP contribution in [0.25, 0.3) is 0 Å². The van der Waals surface area contributed by atoms with E-state index in [9.17, 15) is 4.79 Å². The van der Waals surface area contributed by atoms with Crippen molar-refractivity contribution in [2.45, 2.75) is 20.4 Å². The number of rotatable bonds is 3. The minimum absolute atomic E-state index is 0.0340. The van der Waals surface area contributed by atoms with Crippen molar-refractivity contribution in [3.05, 3.63) is 69.7 Å². The highest BCUT2D eigenvalue weighted by molar-refractivity contribution is 6.30. The van der Waals surface area contributed by atoms with Gasteiger partial charge < -0.3 is 4.90 Å². The molecule has 0 radical (unpaired) electrons. The van der Waals surface area contributed by atoms with Crippen LogP contribution in [0.15, 0.2) is 42.5 Å². The van der Waals surface area contributed by atoms with Gasteiger partial charge in [0.1, 0.15) is 0 Å². The van der Waals surface area contributed by atoms with E-state index < -0.39 is 0 Å². The maximum absolute atomic E-state index is 12.4. The van der Waals surface area contributed by atoms with Crippen molar-refractivity contribution in [3.63, 3.8) is 0 Å². The van der Waals surface area contributed by atoms with E-state index in [1.54, 1.807) is 4.90 Å². The lowest BCUT2D eigenvalue weighted by Crippen LogP contribution is -2.26. The topological polar surface area (TPSA) is 20.3 Å². The van der Waals surface area contributed by atoms with E-state index >= 15 is 0 Å². The molecule has 2 nitrogen and oxygen atoms in total. The monoisotopic (exact) mass is 287 g/mol. The molecule has 1 amide bonds. The first-order valence-corrected chi connectivity index (χ1v) is 6.92. The predicted octanol–water partition coefficient (Wildman–Crippen LogP) is 4.23. The Hall–Kier alpha value is -1.80. The standard InChI is InChI=1S/C17H18ClNO/c1-12-8-13(2)10-15(9-12)17(20)19(3)11-14-4-6-16(18)7-5-14/h4-10H,11H2,1-3H3. The highest BCUT2D eigenvalue weighted by Crippen LogP contribution is 2.14. The Morgan fingerprint density at radius 3 is 2.15 bits per heavy atom. The van der Waals surface area contributed by atoms with E-state index in [1.165, 1.54) is 0 Å². The fourth-order valence-corrected chi connectivity index (χ4v) is 2.38. The fraction of sp³-hybridized carbons (Fsp3) is 0.235. The molecule has 0 atom stereocenters. The van der Waals surface area contributed by atoms with Gasteiger partial charge in [0.15, 0.2) is 0 Å². The van der Waals surface area contributed by atoms with E-state index in [0.717, 1.165) is 22.3 Å². The van der Waals surface area contributed by atoms with Crippen molar-refractivity contribution in [2.75, 3.05) is 7.05 Å². The van der Waals surface area contributed by atoms with Crippen LogP contribution < -0.4 is 0 Å². The van der Waals surface area contributed by atoms with Gasteiger partial charge >= 0.3 is 0 Å². The second kappa shape index (κ2) is 6.10. The lowest BCUT2D eigenvalue weighted by Gasteiger charge is -2.18. The van der Waals surface area contributed by atoms with Crippen molar-refractivity contribution in [2.24, 2.45) is 0 Å². The molecule has 0 bridgehead atoms. The van der Waals surface area contributed by atoms with E-state index in [2.05, 4.69) is 6.07 Å². The number of nitrogens with zero attached hydrogens (tertiary/aromatic N) is 1. The van der Waals surface area contributed by atoms with E-state index in [0.29, 0.717) is 11.6 Å². The molecule has 0 spiro atoms. The van der Waals surface area contributed by atoms with E-state index in [-0.39, 0.29) is 5.91 Å². The number of aryl methyl sites for hydroxylation is 2. The van der Waals surface area contributed by atoms with Gasteiger partial charge in [0.25, 0.3) is 5.91 Å². The van der Waals surface area contributed by atoms with Gasteiger partial charge in [-0.1, -0.05) is 40.9 Å². The molecule has 2 aromatic rings. The third-order valence-corrected chi connectivity index (χ3v) is 3.40. The van der Waals surface area contributed by atoms with Crippen LogP contribution in [0.4, 0.5) is 0 Å². The van der Waals surface area contributed by atoms with Crippen molar-refractivity contribution >= 4 is 17.5 Å². The molecule has 0 fully saturated rings. The third-order valence-electron chi connectivity index (χ3n) is 3.15. The highest BCUT2D eigenvalue weighted by Gasteiger charge is 2.12. The third kappa shape index (κ3) is 3.61. The minimum Gasteiger partial charge on any atom is -0.337 e. The number of carbonyl (C=O) groups excluding carboxylic acids is 1. The predicted molar refractivity (Wildman–Crippen MR) is 83.2 cm³/mol. The van der Waals surface area contributed by atoms with E-state index in [4.69, 9.17) is 11.6 Å². The first-order valence-electron chi connectivity index (χ1n) is 6.54. The number of hydrogen-bond donors (Lipinski definition) is 0. The van der Waals surface area contributed by atoms with Crippen LogP contribution in [-0.4, -0.2) is 17.9 Å². The summed E-state index contributed by atoms with van der Waals surface area (Å²) in [7, 11) is 1.81. The van der Waals surface area contributed by atoms with Gasteiger partial charge in [-0.2, -0.15) is 0 Å². The van der Waals surface area contributed by atoms with Gasteiger partial charge in [-0.3, -0.25) is 4.79 Å². The maximum atomic E-state index is 12.4. The molecule has 3 heteroatoms. The van der Waals surface area contributed by atoms with Gasteiger partial charge in [0.2, 0.25) is 0 Å².